The van der Waals surface area contributed by atoms with Crippen molar-refractivity contribution in [3.8, 4) is 0 Å². The Morgan fingerprint density at radius 1 is 0.960 bits per heavy atom. The summed E-state index contributed by atoms with van der Waals surface area (Å²) in [6.45, 7) is 2.26. The maximum absolute atomic E-state index is 12.6. The highest BCUT2D eigenvalue weighted by Crippen LogP contribution is 2.15. The molecule has 2 N–H and O–H groups in total. The molecular weight excluding hydrogens is 314 g/mol. The van der Waals surface area contributed by atoms with Gasteiger partial charge in [0.05, 0.1) is 12.2 Å². The second kappa shape index (κ2) is 7.49. The molecule has 0 saturated heterocycles. The molecule has 0 fully saturated rings. The number of aromatic nitrogens is 1. The van der Waals surface area contributed by atoms with Gasteiger partial charge in [0.1, 0.15) is 5.56 Å². The molecule has 5 heteroatoms. The lowest BCUT2D eigenvalue weighted by Crippen LogP contribution is -2.43. The van der Waals surface area contributed by atoms with Crippen molar-refractivity contribution in [2.75, 3.05) is 5.01 Å². The summed E-state index contributed by atoms with van der Waals surface area (Å²) in [7, 11) is 0. The first-order valence-corrected chi connectivity index (χ1v) is 8.01. The molecule has 0 spiro atoms. The van der Waals surface area contributed by atoms with Crippen LogP contribution in [-0.2, 0) is 6.54 Å². The number of hydrogen-bond donors (Lipinski definition) is 2. The standard InChI is InChI=1S/C20H19N3O2/c1-15-12-13-18(19(24)21-15)20(25)22-23(17-10-6-3-7-11-17)14-16-8-4-2-5-9-16/h2-13H,14H2,1H3,(H,21,24)(H,22,25). The Labute approximate surface area is 145 Å². The van der Waals surface area contributed by atoms with Gasteiger partial charge in [-0.05, 0) is 36.8 Å². The van der Waals surface area contributed by atoms with E-state index in [-0.39, 0.29) is 5.56 Å². The van der Waals surface area contributed by atoms with Crippen LogP contribution in [0, 0.1) is 6.92 Å². The normalized spacial score (nSPS) is 10.3. The van der Waals surface area contributed by atoms with Gasteiger partial charge in [0, 0.05) is 5.69 Å². The van der Waals surface area contributed by atoms with Crippen LogP contribution in [0.4, 0.5) is 5.69 Å². The lowest BCUT2D eigenvalue weighted by atomic mass is 10.2. The molecule has 5 nitrogen and oxygen atoms in total. The van der Waals surface area contributed by atoms with E-state index in [1.165, 1.54) is 6.07 Å². The highest BCUT2D eigenvalue weighted by molar-refractivity contribution is 5.94. The number of nitrogens with one attached hydrogen (secondary N) is 2. The number of para-hydroxylation sites is 1. The SMILES string of the molecule is Cc1ccc(C(=O)NN(Cc2ccccc2)c2ccccc2)c(=O)[nH]1. The van der Waals surface area contributed by atoms with E-state index in [9.17, 15) is 9.59 Å². The van der Waals surface area contributed by atoms with Crippen LogP contribution in [0.2, 0.25) is 0 Å². The van der Waals surface area contributed by atoms with Crippen LogP contribution in [-0.4, -0.2) is 10.9 Å². The monoisotopic (exact) mass is 333 g/mol. The Kier molecular flexibility index (Phi) is 4.95. The molecule has 0 atom stereocenters. The fourth-order valence-corrected chi connectivity index (χ4v) is 2.50. The number of hydrazine groups is 1. The van der Waals surface area contributed by atoms with Gasteiger partial charge in [-0.2, -0.15) is 0 Å². The van der Waals surface area contributed by atoms with Gasteiger partial charge in [-0.25, -0.2) is 0 Å². The zero-order valence-corrected chi connectivity index (χ0v) is 13.9. The molecule has 1 amide bonds. The summed E-state index contributed by atoms with van der Waals surface area (Å²) in [5, 5.41) is 1.73. The number of carbonyl (C=O) groups excluding carboxylic acids is 1. The minimum absolute atomic E-state index is 0.0830. The second-order valence-electron chi connectivity index (χ2n) is 5.73. The van der Waals surface area contributed by atoms with Gasteiger partial charge < -0.3 is 4.98 Å². The van der Waals surface area contributed by atoms with Crippen molar-refractivity contribution >= 4 is 11.6 Å². The Hall–Kier alpha value is -3.34. The smallest absolute Gasteiger partial charge is 0.275 e. The van der Waals surface area contributed by atoms with Crippen molar-refractivity contribution in [1.29, 1.82) is 0 Å². The zero-order chi connectivity index (χ0) is 17.6. The molecule has 0 saturated carbocycles. The Morgan fingerprint density at radius 3 is 2.24 bits per heavy atom. The van der Waals surface area contributed by atoms with Crippen LogP contribution in [0.15, 0.2) is 77.6 Å². The predicted molar refractivity (Wildman–Crippen MR) is 98.3 cm³/mol. The number of carbonyl (C=O) groups is 1. The van der Waals surface area contributed by atoms with Gasteiger partial charge in [0.2, 0.25) is 0 Å². The topological polar surface area (TPSA) is 65.2 Å². The van der Waals surface area contributed by atoms with E-state index in [0.717, 1.165) is 11.3 Å². The van der Waals surface area contributed by atoms with Crippen LogP contribution in [0.3, 0.4) is 0 Å². The van der Waals surface area contributed by atoms with Crippen LogP contribution >= 0.6 is 0 Å². The molecule has 2 aromatic carbocycles. The van der Waals surface area contributed by atoms with Crippen molar-refractivity contribution in [1.82, 2.24) is 10.4 Å². The maximum atomic E-state index is 12.6. The van der Waals surface area contributed by atoms with E-state index in [2.05, 4.69) is 10.4 Å². The van der Waals surface area contributed by atoms with Crippen molar-refractivity contribution in [2.24, 2.45) is 0 Å². The molecule has 0 aliphatic carbocycles. The quantitative estimate of drug-likeness (QED) is 0.705. The average Bonchev–Trinajstić information content (AvgIpc) is 2.62. The average molecular weight is 333 g/mol. The highest BCUT2D eigenvalue weighted by Gasteiger charge is 2.15. The summed E-state index contributed by atoms with van der Waals surface area (Å²) in [5.74, 6) is -0.443. The summed E-state index contributed by atoms with van der Waals surface area (Å²) in [5.41, 5.74) is 5.11. The lowest BCUT2D eigenvalue weighted by molar-refractivity contribution is 0.0946. The molecule has 3 rings (SSSR count). The third-order valence-electron chi connectivity index (χ3n) is 3.79. The minimum atomic E-state index is -0.443. The predicted octanol–water partition coefficient (Wildman–Crippen LogP) is 3.03. The van der Waals surface area contributed by atoms with Crippen LogP contribution in [0.25, 0.3) is 0 Å². The van der Waals surface area contributed by atoms with Gasteiger partial charge in [-0.3, -0.25) is 20.0 Å². The van der Waals surface area contributed by atoms with Crippen LogP contribution in [0.1, 0.15) is 21.6 Å². The van der Waals surface area contributed by atoms with Crippen molar-refractivity contribution in [3.63, 3.8) is 0 Å². The van der Waals surface area contributed by atoms with E-state index in [1.54, 1.807) is 18.0 Å². The molecule has 1 heterocycles. The number of nitrogens with zero attached hydrogens (tertiary/aromatic N) is 1. The Morgan fingerprint density at radius 2 is 1.60 bits per heavy atom. The van der Waals surface area contributed by atoms with Gasteiger partial charge >= 0.3 is 0 Å². The molecule has 0 unspecified atom stereocenters. The Bertz CT molecular complexity index is 905. The number of anilines is 1. The van der Waals surface area contributed by atoms with Crippen molar-refractivity contribution in [2.45, 2.75) is 13.5 Å². The molecule has 25 heavy (non-hydrogen) atoms. The number of hydrogen-bond acceptors (Lipinski definition) is 3. The lowest BCUT2D eigenvalue weighted by Gasteiger charge is -2.25. The molecule has 3 aromatic rings. The summed E-state index contributed by atoms with van der Waals surface area (Å²) < 4.78 is 0. The molecule has 0 radical (unpaired) electrons. The molecular formula is C20H19N3O2. The number of H-pyrrole nitrogens is 1. The molecule has 1 aromatic heterocycles. The molecule has 0 bridgehead atoms. The van der Waals surface area contributed by atoms with Crippen molar-refractivity contribution < 1.29 is 4.79 Å². The zero-order valence-electron chi connectivity index (χ0n) is 13.9. The van der Waals surface area contributed by atoms with E-state index in [0.29, 0.717) is 12.2 Å². The first kappa shape index (κ1) is 16.5. The summed E-state index contributed by atoms with van der Waals surface area (Å²) in [4.78, 5) is 27.2. The number of pyridine rings is 1. The molecule has 126 valence electrons. The maximum Gasteiger partial charge on any atom is 0.275 e. The number of benzene rings is 2. The molecule has 0 aliphatic rings. The summed E-state index contributed by atoms with van der Waals surface area (Å²) in [6.07, 6.45) is 0. The van der Waals surface area contributed by atoms with Gasteiger partial charge in [0.25, 0.3) is 11.5 Å². The number of aromatic amines is 1. The van der Waals surface area contributed by atoms with Gasteiger partial charge in [0.15, 0.2) is 0 Å². The number of amides is 1. The van der Waals surface area contributed by atoms with E-state index in [4.69, 9.17) is 0 Å². The fraction of sp³-hybridized carbons (Fsp3) is 0.100. The minimum Gasteiger partial charge on any atom is -0.326 e. The largest absolute Gasteiger partial charge is 0.326 e. The number of aryl methyl sites for hydroxylation is 1. The third-order valence-corrected chi connectivity index (χ3v) is 3.79. The highest BCUT2D eigenvalue weighted by atomic mass is 16.2. The number of rotatable bonds is 5. The van der Waals surface area contributed by atoms with Crippen LogP contribution in [0.5, 0.6) is 0 Å². The van der Waals surface area contributed by atoms with E-state index in [1.807, 2.05) is 60.7 Å². The van der Waals surface area contributed by atoms with Gasteiger partial charge in [-0.15, -0.1) is 0 Å². The van der Waals surface area contributed by atoms with E-state index >= 15 is 0 Å². The third kappa shape index (κ3) is 4.14. The Balaban J connectivity index is 1.87. The summed E-state index contributed by atoms with van der Waals surface area (Å²) >= 11 is 0. The van der Waals surface area contributed by atoms with Crippen LogP contribution < -0.4 is 16.0 Å². The molecule has 0 aliphatic heterocycles. The first-order valence-electron chi connectivity index (χ1n) is 8.01. The summed E-state index contributed by atoms with van der Waals surface area (Å²) in [6, 6.07) is 22.6. The van der Waals surface area contributed by atoms with E-state index < -0.39 is 11.5 Å². The fourth-order valence-electron chi connectivity index (χ4n) is 2.50. The second-order valence-corrected chi connectivity index (χ2v) is 5.73. The first-order chi connectivity index (χ1) is 12.1. The van der Waals surface area contributed by atoms with Crippen molar-refractivity contribution in [3.05, 3.63) is 100.0 Å². The van der Waals surface area contributed by atoms with Gasteiger partial charge in [-0.1, -0.05) is 48.5 Å².